The molecule has 19 heavy (non-hydrogen) atoms. The van der Waals surface area contributed by atoms with Gasteiger partial charge in [0.2, 0.25) is 5.91 Å². The molecule has 0 aromatic carbocycles. The third-order valence-electron chi connectivity index (χ3n) is 3.64. The highest BCUT2D eigenvalue weighted by Crippen LogP contribution is 2.15. The fraction of sp³-hybridized carbons (Fsp3) is 0.750. The molecule has 0 radical (unpaired) electrons. The van der Waals surface area contributed by atoms with Gasteiger partial charge in [-0.3, -0.25) is 14.7 Å². The molecular weight excluding hydrogens is 246 g/mol. The quantitative estimate of drug-likeness (QED) is 0.413. The number of nitrogens with two attached hydrogens (primary N) is 1. The largest absolute Gasteiger partial charge is 0.370 e. The van der Waals surface area contributed by atoms with Crippen LogP contribution >= 0.6 is 0 Å². The van der Waals surface area contributed by atoms with Crippen LogP contribution in [0, 0.1) is 5.92 Å². The van der Waals surface area contributed by atoms with E-state index >= 15 is 0 Å². The van der Waals surface area contributed by atoms with Gasteiger partial charge in [0.15, 0.2) is 5.96 Å². The lowest BCUT2D eigenvalue weighted by Gasteiger charge is -2.31. The maximum absolute atomic E-state index is 11.4. The number of urea groups is 1. The predicted molar refractivity (Wildman–Crippen MR) is 71.6 cm³/mol. The standard InChI is InChI=1S/C12H21N5O2/c1-9-2-5-16(6-3-9)11(13)14-4-7-17-10(18)8-15-12(17)19/h9H,2-8H2,1H3,(H2,13,14)(H,15,19). The van der Waals surface area contributed by atoms with Crippen molar-refractivity contribution in [2.45, 2.75) is 19.8 Å². The number of guanidine groups is 1. The Balaban J connectivity index is 1.78. The van der Waals surface area contributed by atoms with Crippen LogP contribution in [0.1, 0.15) is 19.8 Å². The van der Waals surface area contributed by atoms with Gasteiger partial charge in [0.1, 0.15) is 0 Å². The minimum atomic E-state index is -0.342. The van der Waals surface area contributed by atoms with Crippen molar-refractivity contribution >= 4 is 17.9 Å². The third kappa shape index (κ3) is 3.36. The van der Waals surface area contributed by atoms with E-state index in [1.165, 1.54) is 4.90 Å². The van der Waals surface area contributed by atoms with E-state index in [9.17, 15) is 9.59 Å². The monoisotopic (exact) mass is 267 g/mol. The number of rotatable bonds is 3. The molecule has 0 atom stereocenters. The van der Waals surface area contributed by atoms with Gasteiger partial charge in [-0.1, -0.05) is 6.92 Å². The van der Waals surface area contributed by atoms with E-state index in [0.717, 1.165) is 31.8 Å². The first-order valence-corrected chi connectivity index (χ1v) is 6.71. The summed E-state index contributed by atoms with van der Waals surface area (Å²) in [5.74, 6) is 1.06. The lowest BCUT2D eigenvalue weighted by Crippen LogP contribution is -2.43. The van der Waals surface area contributed by atoms with Crippen LogP contribution in [-0.4, -0.2) is 60.4 Å². The van der Waals surface area contributed by atoms with Gasteiger partial charge in [-0.25, -0.2) is 4.79 Å². The van der Waals surface area contributed by atoms with Crippen molar-refractivity contribution in [2.75, 3.05) is 32.7 Å². The number of carbonyl (C=O) groups is 2. The summed E-state index contributed by atoms with van der Waals surface area (Å²) >= 11 is 0. The summed E-state index contributed by atoms with van der Waals surface area (Å²) in [5, 5.41) is 2.47. The highest BCUT2D eigenvalue weighted by molar-refractivity contribution is 6.01. The molecule has 0 aromatic rings. The molecule has 2 saturated heterocycles. The van der Waals surface area contributed by atoms with Gasteiger partial charge in [0.25, 0.3) is 0 Å². The predicted octanol–water partition coefficient (Wildman–Crippen LogP) is -0.415. The Morgan fingerprint density at radius 3 is 2.68 bits per heavy atom. The Bertz CT molecular complexity index is 372. The van der Waals surface area contributed by atoms with Crippen LogP contribution in [0.5, 0.6) is 0 Å². The Hall–Kier alpha value is -1.79. The van der Waals surface area contributed by atoms with Crippen molar-refractivity contribution in [1.82, 2.24) is 15.1 Å². The number of nitrogens with zero attached hydrogens (tertiary/aromatic N) is 3. The fourth-order valence-corrected chi connectivity index (χ4v) is 2.28. The van der Waals surface area contributed by atoms with Crippen LogP contribution in [0.25, 0.3) is 0 Å². The second kappa shape index (κ2) is 5.90. The first-order valence-electron chi connectivity index (χ1n) is 6.71. The second-order valence-corrected chi connectivity index (χ2v) is 5.11. The average molecular weight is 267 g/mol. The number of hydrogen-bond donors (Lipinski definition) is 2. The summed E-state index contributed by atoms with van der Waals surface area (Å²) in [6, 6.07) is -0.342. The number of amides is 3. The van der Waals surface area contributed by atoms with Crippen LogP contribution < -0.4 is 11.1 Å². The fourth-order valence-electron chi connectivity index (χ4n) is 2.28. The first kappa shape index (κ1) is 13.6. The molecule has 0 aromatic heterocycles. The highest BCUT2D eigenvalue weighted by Gasteiger charge is 2.27. The second-order valence-electron chi connectivity index (χ2n) is 5.11. The number of aliphatic imine (C=N–C) groups is 1. The van der Waals surface area contributed by atoms with E-state index in [0.29, 0.717) is 12.5 Å². The Morgan fingerprint density at radius 1 is 1.42 bits per heavy atom. The summed E-state index contributed by atoms with van der Waals surface area (Å²) in [7, 11) is 0. The molecule has 2 heterocycles. The van der Waals surface area contributed by atoms with Crippen LogP contribution in [0.4, 0.5) is 4.79 Å². The van der Waals surface area contributed by atoms with Crippen LogP contribution in [0.2, 0.25) is 0 Å². The van der Waals surface area contributed by atoms with E-state index in [1.54, 1.807) is 0 Å². The number of nitrogens with one attached hydrogen (secondary N) is 1. The molecule has 2 rings (SSSR count). The molecule has 3 amide bonds. The van der Waals surface area contributed by atoms with Crippen molar-refractivity contribution in [1.29, 1.82) is 0 Å². The van der Waals surface area contributed by atoms with Gasteiger partial charge in [-0.05, 0) is 18.8 Å². The Kier molecular flexibility index (Phi) is 4.24. The number of carbonyl (C=O) groups excluding carboxylic acids is 2. The van der Waals surface area contributed by atoms with Crippen molar-refractivity contribution in [3.05, 3.63) is 0 Å². The lowest BCUT2D eigenvalue weighted by molar-refractivity contribution is -0.124. The lowest BCUT2D eigenvalue weighted by atomic mass is 10.00. The van der Waals surface area contributed by atoms with Gasteiger partial charge in [-0.15, -0.1) is 0 Å². The summed E-state index contributed by atoms with van der Waals surface area (Å²) in [4.78, 5) is 30.1. The van der Waals surface area contributed by atoms with Crippen molar-refractivity contribution < 1.29 is 9.59 Å². The molecule has 106 valence electrons. The summed E-state index contributed by atoms with van der Waals surface area (Å²) < 4.78 is 0. The zero-order valence-electron chi connectivity index (χ0n) is 11.3. The van der Waals surface area contributed by atoms with Gasteiger partial charge in [0, 0.05) is 13.1 Å². The zero-order valence-corrected chi connectivity index (χ0v) is 11.3. The molecular formula is C12H21N5O2. The Labute approximate surface area is 112 Å². The van der Waals surface area contributed by atoms with E-state index < -0.39 is 0 Å². The van der Waals surface area contributed by atoms with Gasteiger partial charge in [0.05, 0.1) is 19.6 Å². The smallest absolute Gasteiger partial charge is 0.324 e. The third-order valence-corrected chi connectivity index (χ3v) is 3.64. The minimum Gasteiger partial charge on any atom is -0.370 e. The molecule has 0 saturated carbocycles. The van der Waals surface area contributed by atoms with Gasteiger partial charge < -0.3 is 16.0 Å². The number of likely N-dealkylation sites (tertiary alicyclic amines) is 1. The topological polar surface area (TPSA) is 91.0 Å². The van der Waals surface area contributed by atoms with E-state index in [2.05, 4.69) is 22.1 Å². The van der Waals surface area contributed by atoms with E-state index in [-0.39, 0.29) is 25.0 Å². The molecule has 2 aliphatic heterocycles. The summed E-state index contributed by atoms with van der Waals surface area (Å²) in [5.41, 5.74) is 5.92. The van der Waals surface area contributed by atoms with Crippen LogP contribution in [0.15, 0.2) is 4.99 Å². The normalized spacial score (nSPS) is 22.1. The number of imide groups is 1. The SMILES string of the molecule is CC1CCN(C(N)=NCCN2C(=O)CNC2=O)CC1. The number of piperidine rings is 1. The summed E-state index contributed by atoms with van der Waals surface area (Å²) in [6.07, 6.45) is 2.26. The van der Waals surface area contributed by atoms with Crippen LogP contribution in [0.3, 0.4) is 0 Å². The molecule has 0 aliphatic carbocycles. The van der Waals surface area contributed by atoms with Crippen LogP contribution in [-0.2, 0) is 4.79 Å². The molecule has 0 unspecified atom stereocenters. The highest BCUT2D eigenvalue weighted by atomic mass is 16.2. The van der Waals surface area contributed by atoms with Crippen molar-refractivity contribution in [2.24, 2.45) is 16.6 Å². The molecule has 2 fully saturated rings. The number of hydrogen-bond acceptors (Lipinski definition) is 3. The van der Waals surface area contributed by atoms with Crippen molar-refractivity contribution in [3.8, 4) is 0 Å². The first-order chi connectivity index (χ1) is 9.08. The van der Waals surface area contributed by atoms with E-state index in [4.69, 9.17) is 5.73 Å². The summed E-state index contributed by atoms with van der Waals surface area (Å²) in [6.45, 7) is 4.83. The molecule has 2 aliphatic rings. The van der Waals surface area contributed by atoms with E-state index in [1.807, 2.05) is 0 Å². The molecule has 7 heteroatoms. The molecule has 0 bridgehead atoms. The average Bonchev–Trinajstić information content (AvgIpc) is 2.71. The Morgan fingerprint density at radius 2 is 2.11 bits per heavy atom. The molecule has 7 nitrogen and oxygen atoms in total. The maximum atomic E-state index is 11.4. The maximum Gasteiger partial charge on any atom is 0.324 e. The molecule has 0 spiro atoms. The van der Waals surface area contributed by atoms with Crippen molar-refractivity contribution in [3.63, 3.8) is 0 Å². The van der Waals surface area contributed by atoms with Gasteiger partial charge >= 0.3 is 6.03 Å². The molecule has 3 N–H and O–H groups in total. The minimum absolute atomic E-state index is 0.0854. The zero-order chi connectivity index (χ0) is 13.8. The van der Waals surface area contributed by atoms with Gasteiger partial charge in [-0.2, -0.15) is 0 Å².